The van der Waals surface area contributed by atoms with Crippen molar-refractivity contribution in [1.29, 1.82) is 0 Å². The van der Waals surface area contributed by atoms with E-state index < -0.39 is 0 Å². The van der Waals surface area contributed by atoms with E-state index in [1.807, 2.05) is 24.0 Å². The van der Waals surface area contributed by atoms with Crippen molar-refractivity contribution in [2.75, 3.05) is 6.54 Å². The van der Waals surface area contributed by atoms with E-state index in [4.69, 9.17) is 0 Å². The van der Waals surface area contributed by atoms with E-state index >= 15 is 0 Å². The second-order valence-corrected chi connectivity index (χ2v) is 4.65. The molecule has 1 saturated heterocycles. The number of hydrogen-bond acceptors (Lipinski definition) is 1. The van der Waals surface area contributed by atoms with Gasteiger partial charge in [0, 0.05) is 13.0 Å². The zero-order chi connectivity index (χ0) is 12.2. The topological polar surface area (TPSA) is 20.3 Å². The summed E-state index contributed by atoms with van der Waals surface area (Å²) in [4.78, 5) is 13.8. The lowest BCUT2D eigenvalue weighted by atomic mass is 9.88. The maximum absolute atomic E-state index is 11.9. The van der Waals surface area contributed by atoms with Gasteiger partial charge in [-0.2, -0.15) is 0 Å². The zero-order valence-corrected chi connectivity index (χ0v) is 10.2. The third-order valence-electron chi connectivity index (χ3n) is 3.15. The minimum Gasteiger partial charge on any atom is -0.332 e. The fourth-order valence-electron chi connectivity index (χ4n) is 2.45. The van der Waals surface area contributed by atoms with Crippen molar-refractivity contribution in [2.24, 2.45) is 0 Å². The van der Waals surface area contributed by atoms with Crippen LogP contribution in [0.5, 0.6) is 0 Å². The predicted octanol–water partition coefficient (Wildman–Crippen LogP) is 3.08. The van der Waals surface area contributed by atoms with Gasteiger partial charge in [0.1, 0.15) is 0 Å². The third-order valence-corrected chi connectivity index (χ3v) is 3.15. The largest absolute Gasteiger partial charge is 0.332 e. The van der Waals surface area contributed by atoms with Crippen LogP contribution in [0.3, 0.4) is 0 Å². The Balaban J connectivity index is 2.95. The number of carbonyl (C=O) groups excluding carboxylic acids is 1. The van der Waals surface area contributed by atoms with Crippen molar-refractivity contribution < 1.29 is 4.79 Å². The van der Waals surface area contributed by atoms with Crippen molar-refractivity contribution in [3.63, 3.8) is 0 Å². The highest BCUT2D eigenvalue weighted by Gasteiger charge is 2.42. The van der Waals surface area contributed by atoms with Gasteiger partial charge in [-0.3, -0.25) is 4.79 Å². The Bertz CT molecular complexity index is 307. The maximum atomic E-state index is 11.9. The first kappa shape index (κ1) is 12.8. The van der Waals surface area contributed by atoms with Gasteiger partial charge in [0.15, 0.2) is 0 Å². The Hall–Kier alpha value is -1.31. The van der Waals surface area contributed by atoms with Crippen LogP contribution >= 0.6 is 0 Å². The molecule has 0 saturated carbocycles. The lowest BCUT2D eigenvalue weighted by molar-refractivity contribution is -0.130. The summed E-state index contributed by atoms with van der Waals surface area (Å²) in [6.45, 7) is 14.1. The number of carbonyl (C=O) groups is 1. The van der Waals surface area contributed by atoms with E-state index in [2.05, 4.69) is 19.7 Å². The summed E-state index contributed by atoms with van der Waals surface area (Å²) in [7, 11) is 0. The van der Waals surface area contributed by atoms with Crippen LogP contribution in [0.25, 0.3) is 0 Å². The van der Waals surface area contributed by atoms with Crippen LogP contribution in [0.1, 0.15) is 32.6 Å². The second kappa shape index (κ2) is 5.15. The summed E-state index contributed by atoms with van der Waals surface area (Å²) in [6, 6.07) is 0. The van der Waals surface area contributed by atoms with Crippen LogP contribution in [0.4, 0.5) is 0 Å². The van der Waals surface area contributed by atoms with Gasteiger partial charge in [0.2, 0.25) is 5.91 Å². The van der Waals surface area contributed by atoms with Crippen LogP contribution in [0.2, 0.25) is 0 Å². The van der Waals surface area contributed by atoms with Crippen LogP contribution in [-0.4, -0.2) is 22.9 Å². The molecule has 0 N–H and O–H groups in total. The molecule has 1 heterocycles. The Kier molecular flexibility index (Phi) is 4.11. The van der Waals surface area contributed by atoms with E-state index in [1.165, 1.54) is 0 Å². The number of nitrogens with zero attached hydrogens (tertiary/aromatic N) is 1. The molecule has 0 aliphatic carbocycles. The van der Waals surface area contributed by atoms with E-state index in [0.717, 1.165) is 24.8 Å². The highest BCUT2D eigenvalue weighted by atomic mass is 16.2. The number of amides is 1. The number of hydrogen-bond donors (Lipinski definition) is 0. The molecule has 0 spiro atoms. The Labute approximate surface area is 98.3 Å². The lowest BCUT2D eigenvalue weighted by Crippen LogP contribution is -2.45. The summed E-state index contributed by atoms with van der Waals surface area (Å²) in [5.74, 6) is 0.228. The molecule has 0 aromatic heterocycles. The highest BCUT2D eigenvalue weighted by Crippen LogP contribution is 2.37. The van der Waals surface area contributed by atoms with E-state index in [9.17, 15) is 4.79 Å². The Morgan fingerprint density at radius 3 is 2.44 bits per heavy atom. The third kappa shape index (κ3) is 2.43. The first-order valence-electron chi connectivity index (χ1n) is 5.72. The molecule has 0 atom stereocenters. The van der Waals surface area contributed by atoms with E-state index in [0.29, 0.717) is 13.0 Å². The normalized spacial score (nSPS) is 18.6. The van der Waals surface area contributed by atoms with Crippen molar-refractivity contribution in [3.8, 4) is 0 Å². The Morgan fingerprint density at radius 1 is 1.44 bits per heavy atom. The Morgan fingerprint density at radius 2 is 2.00 bits per heavy atom. The summed E-state index contributed by atoms with van der Waals surface area (Å²) in [5, 5.41) is 0. The van der Waals surface area contributed by atoms with Gasteiger partial charge >= 0.3 is 0 Å². The fraction of sp³-hybridized carbons (Fsp3) is 0.500. The standard InChI is InChI=1S/C14H21NO/c1-5-8-14(9-6-2)10-7-13(16)15(14)11-12(3)4/h5-6H,1-3,7-11H2,4H3. The number of rotatable bonds is 6. The first-order valence-corrected chi connectivity index (χ1v) is 5.72. The molecule has 1 rings (SSSR count). The monoisotopic (exact) mass is 219 g/mol. The minimum absolute atomic E-state index is 0.0977. The molecule has 0 aromatic rings. The molecule has 2 heteroatoms. The van der Waals surface area contributed by atoms with Crippen molar-refractivity contribution in [3.05, 3.63) is 37.5 Å². The molecule has 88 valence electrons. The van der Waals surface area contributed by atoms with E-state index in [1.54, 1.807) is 0 Å². The average Bonchev–Trinajstić information content (AvgIpc) is 2.48. The maximum Gasteiger partial charge on any atom is 0.223 e. The quantitative estimate of drug-likeness (QED) is 0.629. The van der Waals surface area contributed by atoms with Gasteiger partial charge in [0.25, 0.3) is 0 Å². The molecule has 0 radical (unpaired) electrons. The van der Waals surface area contributed by atoms with E-state index in [-0.39, 0.29) is 11.4 Å². The minimum atomic E-state index is -0.0977. The molecule has 1 aliphatic heterocycles. The van der Waals surface area contributed by atoms with Gasteiger partial charge in [-0.15, -0.1) is 13.2 Å². The smallest absolute Gasteiger partial charge is 0.223 e. The van der Waals surface area contributed by atoms with Crippen molar-refractivity contribution in [2.45, 2.75) is 38.1 Å². The van der Waals surface area contributed by atoms with Gasteiger partial charge in [0.05, 0.1) is 5.54 Å². The van der Waals surface area contributed by atoms with Crippen LogP contribution in [-0.2, 0) is 4.79 Å². The average molecular weight is 219 g/mol. The lowest BCUT2D eigenvalue weighted by Gasteiger charge is -2.37. The molecular weight excluding hydrogens is 198 g/mol. The van der Waals surface area contributed by atoms with Gasteiger partial charge < -0.3 is 4.90 Å². The SMILES string of the molecule is C=CCC1(CC=C)CCC(=O)N1CC(=C)C. The molecule has 1 amide bonds. The molecule has 1 fully saturated rings. The molecular formula is C14H21NO. The number of likely N-dealkylation sites (tertiary alicyclic amines) is 1. The summed E-state index contributed by atoms with van der Waals surface area (Å²) in [6.07, 6.45) is 6.99. The molecule has 0 bridgehead atoms. The highest BCUT2D eigenvalue weighted by molar-refractivity contribution is 5.80. The molecule has 2 nitrogen and oxygen atoms in total. The van der Waals surface area contributed by atoms with Crippen LogP contribution in [0, 0.1) is 0 Å². The van der Waals surface area contributed by atoms with Crippen LogP contribution in [0.15, 0.2) is 37.5 Å². The van der Waals surface area contributed by atoms with Gasteiger partial charge in [-0.25, -0.2) is 0 Å². The van der Waals surface area contributed by atoms with Gasteiger partial charge in [-0.05, 0) is 26.2 Å². The van der Waals surface area contributed by atoms with Gasteiger partial charge in [-0.1, -0.05) is 24.3 Å². The molecule has 0 unspecified atom stereocenters. The van der Waals surface area contributed by atoms with Crippen LogP contribution < -0.4 is 0 Å². The molecule has 0 aromatic carbocycles. The fourth-order valence-corrected chi connectivity index (χ4v) is 2.45. The molecule has 16 heavy (non-hydrogen) atoms. The summed E-state index contributed by atoms with van der Waals surface area (Å²) < 4.78 is 0. The predicted molar refractivity (Wildman–Crippen MR) is 68.1 cm³/mol. The van der Waals surface area contributed by atoms with Crippen molar-refractivity contribution >= 4 is 5.91 Å². The zero-order valence-electron chi connectivity index (χ0n) is 10.2. The summed E-state index contributed by atoms with van der Waals surface area (Å²) in [5.41, 5.74) is 0.923. The first-order chi connectivity index (χ1) is 7.55. The molecule has 1 aliphatic rings. The summed E-state index contributed by atoms with van der Waals surface area (Å²) >= 11 is 0. The van der Waals surface area contributed by atoms with Crippen molar-refractivity contribution in [1.82, 2.24) is 4.90 Å². The second-order valence-electron chi connectivity index (χ2n) is 4.65.